The van der Waals surface area contributed by atoms with Crippen molar-refractivity contribution >= 4 is 43.6 Å². The number of aromatic nitrogens is 2. The lowest BCUT2D eigenvalue weighted by molar-refractivity contribution is 0.294. The number of fused-ring (bicyclic) bond motifs is 4. The zero-order valence-corrected chi connectivity index (χ0v) is 34.9. The van der Waals surface area contributed by atoms with Crippen LogP contribution in [0.2, 0.25) is 0 Å². The van der Waals surface area contributed by atoms with E-state index in [1.54, 1.807) is 0 Å². The molecule has 0 spiro atoms. The maximum Gasteiger partial charge on any atom is 0.197 e. The maximum absolute atomic E-state index is 14.6. The van der Waals surface area contributed by atoms with Gasteiger partial charge in [-0.3, -0.25) is 9.59 Å². The van der Waals surface area contributed by atoms with Crippen molar-refractivity contribution in [1.82, 2.24) is 9.13 Å². The predicted octanol–water partition coefficient (Wildman–Crippen LogP) is 11.7. The molecule has 58 heavy (non-hydrogen) atoms. The van der Waals surface area contributed by atoms with Gasteiger partial charge in [-0.15, -0.1) is 0 Å². The van der Waals surface area contributed by atoms with E-state index in [4.69, 9.17) is 18.9 Å². The van der Waals surface area contributed by atoms with E-state index in [2.05, 4.69) is 27.7 Å². The fourth-order valence-electron chi connectivity index (χ4n) is 7.83. The Kier molecular flexibility index (Phi) is 12.7. The SMILES string of the molecule is CCCCOc1ccc(-c2cccc3c(=O)c4cc5c(cc4n(C)c23)c(=O)c2cccc(-c3ccc(OCCCC)cc3OCCCC)c2n5C)c(OCCCC)c1. The second-order valence-electron chi connectivity index (χ2n) is 15.2. The third-order valence-electron chi connectivity index (χ3n) is 11.1. The average Bonchev–Trinajstić information content (AvgIpc) is 3.24. The summed E-state index contributed by atoms with van der Waals surface area (Å²) in [4.78, 5) is 29.3. The van der Waals surface area contributed by atoms with Crippen molar-refractivity contribution in [2.24, 2.45) is 14.1 Å². The first-order valence-electron chi connectivity index (χ1n) is 21.1. The summed E-state index contributed by atoms with van der Waals surface area (Å²) in [5.74, 6) is 2.95. The van der Waals surface area contributed by atoms with Crippen LogP contribution >= 0.6 is 0 Å². The molecule has 7 aromatic rings. The van der Waals surface area contributed by atoms with Crippen LogP contribution in [0.15, 0.2) is 94.5 Å². The molecule has 7 rings (SSSR count). The normalized spacial score (nSPS) is 11.6. The van der Waals surface area contributed by atoms with Gasteiger partial charge in [-0.25, -0.2) is 0 Å². The molecule has 2 aromatic heterocycles. The fourth-order valence-corrected chi connectivity index (χ4v) is 7.83. The number of hydrogen-bond donors (Lipinski definition) is 0. The van der Waals surface area contributed by atoms with Crippen molar-refractivity contribution in [2.45, 2.75) is 79.1 Å². The quantitative estimate of drug-likeness (QED) is 0.0637. The highest BCUT2D eigenvalue weighted by Crippen LogP contribution is 2.40. The van der Waals surface area contributed by atoms with Crippen molar-refractivity contribution in [2.75, 3.05) is 26.4 Å². The summed E-state index contributed by atoms with van der Waals surface area (Å²) in [7, 11) is 3.94. The molecule has 0 fully saturated rings. The van der Waals surface area contributed by atoms with Gasteiger partial charge in [-0.05, 0) is 74.2 Å². The molecule has 0 saturated carbocycles. The van der Waals surface area contributed by atoms with E-state index < -0.39 is 0 Å². The second kappa shape index (κ2) is 18.2. The molecule has 5 aromatic carbocycles. The summed E-state index contributed by atoms with van der Waals surface area (Å²) in [6, 6.07) is 27.4. The highest BCUT2D eigenvalue weighted by Gasteiger charge is 2.21. The molecule has 0 aliphatic rings. The highest BCUT2D eigenvalue weighted by atomic mass is 16.5. The van der Waals surface area contributed by atoms with Gasteiger partial charge in [0, 0.05) is 70.0 Å². The zero-order chi connectivity index (χ0) is 40.8. The van der Waals surface area contributed by atoms with Gasteiger partial charge < -0.3 is 28.1 Å². The van der Waals surface area contributed by atoms with Gasteiger partial charge in [-0.1, -0.05) is 77.6 Å². The minimum atomic E-state index is -0.0917. The van der Waals surface area contributed by atoms with Gasteiger partial charge >= 0.3 is 0 Å². The lowest BCUT2D eigenvalue weighted by atomic mass is 9.97. The first kappa shape index (κ1) is 40.4. The first-order valence-corrected chi connectivity index (χ1v) is 21.1. The van der Waals surface area contributed by atoms with Gasteiger partial charge in [0.15, 0.2) is 10.9 Å². The van der Waals surface area contributed by atoms with Crippen LogP contribution in [0.4, 0.5) is 0 Å². The smallest absolute Gasteiger partial charge is 0.197 e. The Morgan fingerprint density at radius 1 is 0.431 bits per heavy atom. The number of ether oxygens (including phenoxy) is 4. The molecule has 2 heterocycles. The van der Waals surface area contributed by atoms with E-state index in [0.717, 1.165) is 108 Å². The van der Waals surface area contributed by atoms with Crippen molar-refractivity contribution in [3.05, 3.63) is 105 Å². The number of aryl methyl sites for hydroxylation is 2. The molecule has 0 aliphatic carbocycles. The number of benzene rings is 5. The van der Waals surface area contributed by atoms with E-state index in [1.165, 1.54) is 0 Å². The van der Waals surface area contributed by atoms with Crippen molar-refractivity contribution in [3.63, 3.8) is 0 Å². The van der Waals surface area contributed by atoms with E-state index >= 15 is 0 Å². The van der Waals surface area contributed by atoms with Crippen LogP contribution in [0, 0.1) is 0 Å². The molecule has 0 radical (unpaired) electrons. The summed E-state index contributed by atoms with van der Waals surface area (Å²) < 4.78 is 29.0. The average molecular weight is 781 g/mol. The predicted molar refractivity (Wildman–Crippen MR) is 239 cm³/mol. The maximum atomic E-state index is 14.6. The van der Waals surface area contributed by atoms with Crippen molar-refractivity contribution in [1.29, 1.82) is 0 Å². The van der Waals surface area contributed by atoms with E-state index in [0.29, 0.717) is 59.0 Å². The van der Waals surface area contributed by atoms with Crippen LogP contribution in [0.3, 0.4) is 0 Å². The van der Waals surface area contributed by atoms with Crippen LogP contribution in [0.25, 0.3) is 65.9 Å². The van der Waals surface area contributed by atoms with Crippen LogP contribution in [-0.2, 0) is 14.1 Å². The zero-order valence-electron chi connectivity index (χ0n) is 34.9. The standard InChI is InChI=1S/C50H56N2O6/c1-7-11-25-55-33-21-23-35(45(29-33)57-27-13-9-3)37-17-15-19-39-47(37)51(5)43-31-42-44(32-41(43)49(39)53)52(6)48-38(18-16-20-40(48)50(42)54)36-24-22-34(56-26-12-8-2)30-46(36)58-28-14-10-4/h15-24,29-32H,7-14,25-28H2,1-6H3. The largest absolute Gasteiger partial charge is 0.493 e. The molecule has 8 heteroatoms. The fraction of sp³-hybridized carbons (Fsp3) is 0.360. The lowest BCUT2D eigenvalue weighted by Crippen LogP contribution is -2.14. The minimum Gasteiger partial charge on any atom is -0.493 e. The Hall–Kier alpha value is -5.76. The first-order chi connectivity index (χ1) is 28.3. The van der Waals surface area contributed by atoms with E-state index in [-0.39, 0.29) is 10.9 Å². The summed E-state index contributed by atoms with van der Waals surface area (Å²) >= 11 is 0. The summed E-state index contributed by atoms with van der Waals surface area (Å²) in [5, 5.41) is 2.28. The van der Waals surface area contributed by atoms with E-state index in [9.17, 15) is 9.59 Å². The van der Waals surface area contributed by atoms with Gasteiger partial charge in [0.2, 0.25) is 0 Å². The van der Waals surface area contributed by atoms with Gasteiger partial charge in [0.1, 0.15) is 23.0 Å². The van der Waals surface area contributed by atoms with Crippen LogP contribution < -0.4 is 29.8 Å². The monoisotopic (exact) mass is 780 g/mol. The molecular weight excluding hydrogens is 725 g/mol. The summed E-state index contributed by atoms with van der Waals surface area (Å²) in [6.45, 7) is 11.0. The van der Waals surface area contributed by atoms with Crippen LogP contribution in [0.1, 0.15) is 79.1 Å². The van der Waals surface area contributed by atoms with Gasteiger partial charge in [-0.2, -0.15) is 0 Å². The summed E-state index contributed by atoms with van der Waals surface area (Å²) in [5.41, 5.74) is 6.25. The Morgan fingerprint density at radius 3 is 1.19 bits per heavy atom. The van der Waals surface area contributed by atoms with Gasteiger partial charge in [0.25, 0.3) is 0 Å². The van der Waals surface area contributed by atoms with Crippen LogP contribution in [-0.4, -0.2) is 35.6 Å². The third-order valence-corrected chi connectivity index (χ3v) is 11.1. The molecule has 0 saturated heterocycles. The number of rotatable bonds is 18. The number of nitrogens with zero attached hydrogens (tertiary/aromatic N) is 2. The van der Waals surface area contributed by atoms with Crippen molar-refractivity contribution in [3.8, 4) is 45.3 Å². The molecule has 0 bridgehead atoms. The van der Waals surface area contributed by atoms with E-state index in [1.807, 2.05) is 108 Å². The summed E-state index contributed by atoms with van der Waals surface area (Å²) in [6.07, 6.45) is 7.91. The molecule has 0 N–H and O–H groups in total. The Morgan fingerprint density at radius 2 is 0.810 bits per heavy atom. The molecule has 0 aliphatic heterocycles. The molecule has 0 unspecified atom stereocenters. The number of para-hydroxylation sites is 2. The molecule has 0 atom stereocenters. The third kappa shape index (κ3) is 7.89. The number of unbranched alkanes of at least 4 members (excludes halogenated alkanes) is 4. The molecule has 302 valence electrons. The minimum absolute atomic E-state index is 0.0917. The van der Waals surface area contributed by atoms with Gasteiger partial charge in [0.05, 0.1) is 48.5 Å². The second-order valence-corrected chi connectivity index (χ2v) is 15.2. The van der Waals surface area contributed by atoms with Crippen molar-refractivity contribution < 1.29 is 18.9 Å². The lowest BCUT2D eigenvalue weighted by Gasteiger charge is -2.20. The molecular formula is C50H56N2O6. The molecule has 0 amide bonds. The topological polar surface area (TPSA) is 80.9 Å². The Labute approximate surface area is 340 Å². The molecule has 8 nitrogen and oxygen atoms in total. The highest BCUT2D eigenvalue weighted by molar-refractivity contribution is 6.08. The number of hydrogen-bond acceptors (Lipinski definition) is 6. The Bertz CT molecular complexity index is 2520. The Balaban J connectivity index is 1.41. The number of pyridine rings is 2. The van der Waals surface area contributed by atoms with Crippen LogP contribution in [0.5, 0.6) is 23.0 Å².